The molecule has 0 saturated carbocycles. The normalized spacial score (nSPS) is 12.7. The first-order valence-electron chi connectivity index (χ1n) is 5.59. The molecule has 1 aromatic carbocycles. The summed E-state index contributed by atoms with van der Waals surface area (Å²) in [5.74, 6) is 0.0969. The van der Waals surface area contributed by atoms with Crippen LogP contribution in [-0.4, -0.2) is 4.98 Å². The number of nitrogens with two attached hydrogens (primary N) is 1. The van der Waals surface area contributed by atoms with Crippen molar-refractivity contribution in [1.29, 1.82) is 0 Å². The summed E-state index contributed by atoms with van der Waals surface area (Å²) < 4.78 is 0. The van der Waals surface area contributed by atoms with Gasteiger partial charge in [0, 0.05) is 20.8 Å². The molecular formula is C13H14Cl2N2S. The van der Waals surface area contributed by atoms with Crippen LogP contribution >= 0.6 is 34.5 Å². The van der Waals surface area contributed by atoms with E-state index in [1.165, 1.54) is 11.3 Å². The minimum absolute atomic E-state index is 0.0969. The molecule has 1 unspecified atom stereocenters. The Morgan fingerprint density at radius 1 is 1.28 bits per heavy atom. The first kappa shape index (κ1) is 13.7. The number of hydrogen-bond donors (Lipinski definition) is 1. The van der Waals surface area contributed by atoms with Crippen LogP contribution in [0.4, 0.5) is 5.13 Å². The largest absolute Gasteiger partial charge is 0.375 e. The Bertz CT molecular complexity index is 593. The van der Waals surface area contributed by atoms with E-state index in [0.717, 1.165) is 26.7 Å². The lowest BCUT2D eigenvalue weighted by atomic mass is 9.96. The topological polar surface area (TPSA) is 38.9 Å². The first-order chi connectivity index (χ1) is 8.41. The van der Waals surface area contributed by atoms with Gasteiger partial charge in [-0.15, -0.1) is 11.3 Å². The highest BCUT2D eigenvalue weighted by Gasteiger charge is 2.21. The van der Waals surface area contributed by atoms with Crippen LogP contribution in [0.2, 0.25) is 10.0 Å². The van der Waals surface area contributed by atoms with E-state index >= 15 is 0 Å². The van der Waals surface area contributed by atoms with Crippen molar-refractivity contribution in [1.82, 2.24) is 4.98 Å². The zero-order valence-electron chi connectivity index (χ0n) is 10.4. The third kappa shape index (κ3) is 2.35. The average Bonchev–Trinajstić information content (AvgIpc) is 2.63. The van der Waals surface area contributed by atoms with E-state index in [1.807, 2.05) is 26.0 Å². The summed E-state index contributed by atoms with van der Waals surface area (Å²) in [6.07, 6.45) is 0. The predicted molar refractivity (Wildman–Crippen MR) is 80.0 cm³/mol. The fourth-order valence-corrected chi connectivity index (χ4v) is 3.63. The molecule has 1 aromatic heterocycles. The van der Waals surface area contributed by atoms with Gasteiger partial charge in [0.25, 0.3) is 0 Å². The number of benzene rings is 1. The summed E-state index contributed by atoms with van der Waals surface area (Å²) in [5.41, 5.74) is 8.66. The molecular weight excluding hydrogens is 287 g/mol. The molecule has 96 valence electrons. The number of aromatic nitrogens is 1. The number of thiazole rings is 1. The Balaban J connectivity index is 2.56. The molecule has 2 rings (SSSR count). The van der Waals surface area contributed by atoms with Crippen LogP contribution in [0.15, 0.2) is 12.1 Å². The Morgan fingerprint density at radius 3 is 2.50 bits per heavy atom. The number of aryl methyl sites for hydroxylation is 2. The van der Waals surface area contributed by atoms with Crippen LogP contribution in [0.1, 0.15) is 34.5 Å². The lowest BCUT2D eigenvalue weighted by Crippen LogP contribution is -1.99. The monoisotopic (exact) mass is 300 g/mol. The molecule has 18 heavy (non-hydrogen) atoms. The fourth-order valence-electron chi connectivity index (χ4n) is 2.04. The highest BCUT2D eigenvalue weighted by molar-refractivity contribution is 7.15. The second-order valence-corrected chi connectivity index (χ2v) is 6.16. The quantitative estimate of drug-likeness (QED) is 0.865. The predicted octanol–water partition coefficient (Wildman–Crippen LogP) is 4.80. The molecule has 0 fully saturated rings. The maximum atomic E-state index is 6.37. The molecule has 2 N–H and O–H groups in total. The number of nitrogens with zero attached hydrogens (tertiary/aromatic N) is 1. The molecule has 0 spiro atoms. The van der Waals surface area contributed by atoms with Crippen molar-refractivity contribution in [3.05, 3.63) is 43.9 Å². The third-order valence-electron chi connectivity index (χ3n) is 2.99. The lowest BCUT2D eigenvalue weighted by Gasteiger charge is -2.16. The van der Waals surface area contributed by atoms with Crippen LogP contribution in [-0.2, 0) is 0 Å². The summed E-state index contributed by atoms with van der Waals surface area (Å²) >= 11 is 14.1. The van der Waals surface area contributed by atoms with E-state index in [4.69, 9.17) is 28.9 Å². The molecule has 0 amide bonds. The minimum atomic E-state index is 0.0969. The van der Waals surface area contributed by atoms with Gasteiger partial charge in [0.1, 0.15) is 0 Å². The van der Waals surface area contributed by atoms with Gasteiger partial charge in [-0.25, -0.2) is 4.98 Å². The Morgan fingerprint density at radius 2 is 1.94 bits per heavy atom. The molecule has 2 aromatic rings. The molecule has 0 saturated heterocycles. The summed E-state index contributed by atoms with van der Waals surface area (Å²) in [6, 6.07) is 3.81. The van der Waals surface area contributed by atoms with Crippen LogP contribution < -0.4 is 5.73 Å². The minimum Gasteiger partial charge on any atom is -0.375 e. The van der Waals surface area contributed by atoms with Crippen LogP contribution in [0.5, 0.6) is 0 Å². The van der Waals surface area contributed by atoms with Crippen LogP contribution in [0.25, 0.3) is 0 Å². The maximum Gasteiger partial charge on any atom is 0.180 e. The second-order valence-electron chi connectivity index (χ2n) is 4.32. The molecule has 2 nitrogen and oxygen atoms in total. The van der Waals surface area contributed by atoms with Gasteiger partial charge in [0.15, 0.2) is 5.13 Å². The van der Waals surface area contributed by atoms with Crippen LogP contribution in [0.3, 0.4) is 0 Å². The van der Waals surface area contributed by atoms with Crippen molar-refractivity contribution in [2.45, 2.75) is 26.7 Å². The molecule has 1 atom stereocenters. The van der Waals surface area contributed by atoms with Gasteiger partial charge >= 0.3 is 0 Å². The Kier molecular flexibility index (Phi) is 3.85. The van der Waals surface area contributed by atoms with Gasteiger partial charge in [-0.2, -0.15) is 0 Å². The summed E-state index contributed by atoms with van der Waals surface area (Å²) in [6.45, 7) is 6.01. The Labute approximate surface area is 121 Å². The number of rotatable bonds is 2. The fraction of sp³-hybridized carbons (Fsp3) is 0.308. The van der Waals surface area contributed by atoms with E-state index < -0.39 is 0 Å². The molecule has 0 radical (unpaired) electrons. The SMILES string of the molecule is Cc1ccc(Cl)c(C(C)c2sc(N)nc2C)c1Cl. The zero-order valence-corrected chi connectivity index (χ0v) is 12.7. The highest BCUT2D eigenvalue weighted by Crippen LogP contribution is 2.40. The third-order valence-corrected chi connectivity index (χ3v) is 5.00. The van der Waals surface area contributed by atoms with Gasteiger partial charge < -0.3 is 5.73 Å². The van der Waals surface area contributed by atoms with E-state index in [-0.39, 0.29) is 5.92 Å². The van der Waals surface area contributed by atoms with Crippen LogP contribution in [0, 0.1) is 13.8 Å². The van der Waals surface area contributed by atoms with E-state index in [9.17, 15) is 0 Å². The Hall–Kier alpha value is -0.770. The van der Waals surface area contributed by atoms with Crippen molar-refractivity contribution < 1.29 is 0 Å². The van der Waals surface area contributed by atoms with Gasteiger partial charge in [-0.05, 0) is 31.0 Å². The van der Waals surface area contributed by atoms with Crippen molar-refractivity contribution in [3.63, 3.8) is 0 Å². The van der Waals surface area contributed by atoms with Gasteiger partial charge in [0.2, 0.25) is 0 Å². The zero-order chi connectivity index (χ0) is 13.4. The summed E-state index contributed by atoms with van der Waals surface area (Å²) in [5, 5.41) is 1.99. The number of nitrogen functional groups attached to an aromatic ring is 1. The van der Waals surface area contributed by atoms with Gasteiger partial charge in [0.05, 0.1) is 5.69 Å². The molecule has 5 heteroatoms. The van der Waals surface area contributed by atoms with Crippen molar-refractivity contribution in [2.75, 3.05) is 5.73 Å². The first-order valence-corrected chi connectivity index (χ1v) is 7.16. The molecule has 1 heterocycles. The summed E-state index contributed by atoms with van der Waals surface area (Å²) in [4.78, 5) is 5.36. The molecule has 0 aliphatic carbocycles. The highest BCUT2D eigenvalue weighted by atomic mass is 35.5. The number of halogens is 2. The van der Waals surface area contributed by atoms with Crippen molar-refractivity contribution in [3.8, 4) is 0 Å². The van der Waals surface area contributed by atoms with E-state index in [1.54, 1.807) is 0 Å². The smallest absolute Gasteiger partial charge is 0.180 e. The van der Waals surface area contributed by atoms with Crippen molar-refractivity contribution in [2.24, 2.45) is 0 Å². The molecule has 0 aliphatic rings. The second kappa shape index (κ2) is 5.08. The van der Waals surface area contributed by atoms with Gasteiger partial charge in [-0.1, -0.05) is 36.2 Å². The van der Waals surface area contributed by atoms with E-state index in [0.29, 0.717) is 10.2 Å². The average molecular weight is 301 g/mol. The number of anilines is 1. The summed E-state index contributed by atoms with van der Waals surface area (Å²) in [7, 11) is 0. The van der Waals surface area contributed by atoms with Gasteiger partial charge in [-0.3, -0.25) is 0 Å². The standard InChI is InChI=1S/C13H14Cl2N2S/c1-6-4-5-9(14)10(11(6)15)7(2)12-8(3)17-13(16)18-12/h4-5,7H,1-3H3,(H2,16,17). The van der Waals surface area contributed by atoms with E-state index in [2.05, 4.69) is 11.9 Å². The number of hydrogen-bond acceptors (Lipinski definition) is 3. The molecule has 0 bridgehead atoms. The molecule has 0 aliphatic heterocycles. The lowest BCUT2D eigenvalue weighted by molar-refractivity contribution is 0.925. The maximum absolute atomic E-state index is 6.37. The van der Waals surface area contributed by atoms with Crippen molar-refractivity contribution >= 4 is 39.7 Å².